The molecule has 2 rings (SSSR count). The Hall–Kier alpha value is -3.26. The molecule has 0 saturated carbocycles. The van der Waals surface area contributed by atoms with Gasteiger partial charge in [-0.25, -0.2) is 0 Å². The van der Waals surface area contributed by atoms with E-state index in [1.807, 2.05) is 18.7 Å². The topological polar surface area (TPSA) is 108 Å². The average Bonchev–Trinajstić information content (AvgIpc) is 2.77. The maximum Gasteiger partial charge on any atom is 0.257 e. The van der Waals surface area contributed by atoms with E-state index in [1.54, 1.807) is 38.5 Å². The Morgan fingerprint density at radius 3 is 2.07 bits per heavy atom. The zero-order valence-electron chi connectivity index (χ0n) is 18.1. The molecule has 0 aliphatic carbocycles. The quantitative estimate of drug-likeness (QED) is 0.602. The van der Waals surface area contributed by atoms with Gasteiger partial charge in [0.15, 0.2) is 11.5 Å². The molecule has 0 spiro atoms. The first-order valence-corrected chi connectivity index (χ1v) is 9.40. The lowest BCUT2D eigenvalue weighted by atomic mass is 10.1. The molecule has 2 aromatic carbocycles. The number of carbonyl (C=O) groups excluding carboxylic acids is 2. The second-order valence-electron chi connectivity index (χ2n) is 5.96. The number of carbonyl (C=O) groups is 2. The Kier molecular flexibility index (Phi) is 13.9. The predicted molar refractivity (Wildman–Crippen MR) is 117 cm³/mol. The molecule has 3 N–H and O–H groups in total. The number of nitrogens with zero attached hydrogens (tertiary/aromatic N) is 1. The van der Waals surface area contributed by atoms with Gasteiger partial charge in [0, 0.05) is 25.7 Å². The molecule has 1 amide bonds. The van der Waals surface area contributed by atoms with E-state index in [0.717, 1.165) is 19.5 Å². The SMILES string of the molecule is C=O.CCCN(CCNC)C(=O)c1cccc(OC)c1OC.Oc1cccc(O)c1. The van der Waals surface area contributed by atoms with Crippen LogP contribution in [-0.2, 0) is 4.79 Å². The molecule has 0 aliphatic rings. The molecule has 0 fully saturated rings. The average molecular weight is 421 g/mol. The van der Waals surface area contributed by atoms with E-state index in [0.29, 0.717) is 23.6 Å². The maximum absolute atomic E-state index is 12.7. The first-order valence-electron chi connectivity index (χ1n) is 9.40. The van der Waals surface area contributed by atoms with Crippen molar-refractivity contribution in [2.75, 3.05) is 40.9 Å². The van der Waals surface area contributed by atoms with Crippen molar-refractivity contribution in [2.45, 2.75) is 13.3 Å². The van der Waals surface area contributed by atoms with Crippen LogP contribution in [0.2, 0.25) is 0 Å². The number of phenols is 2. The van der Waals surface area contributed by atoms with Gasteiger partial charge in [0.05, 0.1) is 19.8 Å². The summed E-state index contributed by atoms with van der Waals surface area (Å²) in [6.45, 7) is 6.21. The summed E-state index contributed by atoms with van der Waals surface area (Å²) in [4.78, 5) is 22.5. The summed E-state index contributed by atoms with van der Waals surface area (Å²) in [7, 11) is 4.99. The number of phenolic OH excluding ortho intramolecular Hbond substituents is 2. The van der Waals surface area contributed by atoms with Crippen LogP contribution >= 0.6 is 0 Å². The highest BCUT2D eigenvalue weighted by Gasteiger charge is 2.21. The minimum Gasteiger partial charge on any atom is -0.508 e. The summed E-state index contributed by atoms with van der Waals surface area (Å²) < 4.78 is 10.6. The normalized spacial score (nSPS) is 9.33. The Bertz CT molecular complexity index is 737. The van der Waals surface area contributed by atoms with E-state index in [-0.39, 0.29) is 17.4 Å². The smallest absolute Gasteiger partial charge is 0.257 e. The van der Waals surface area contributed by atoms with Crippen molar-refractivity contribution in [3.05, 3.63) is 48.0 Å². The molecule has 0 unspecified atom stereocenters. The number of likely N-dealkylation sites (N-methyl/N-ethyl adjacent to an activating group) is 1. The standard InChI is InChI=1S/C15H24N2O3.C6H6O2.CH2O/c1-5-10-17(11-9-16-2)15(18)12-7-6-8-13(19-3)14(12)20-4;7-5-2-1-3-6(8)4-5;1-2/h6-8,16H,5,9-11H2,1-4H3;1-4,7-8H;1H2. The predicted octanol–water partition coefficient (Wildman–Crippen LogP) is 2.69. The van der Waals surface area contributed by atoms with Gasteiger partial charge in [-0.15, -0.1) is 0 Å². The van der Waals surface area contributed by atoms with Crippen LogP contribution in [0.5, 0.6) is 23.0 Å². The van der Waals surface area contributed by atoms with Gasteiger partial charge in [0.2, 0.25) is 0 Å². The number of para-hydroxylation sites is 1. The number of methoxy groups -OCH3 is 2. The molecule has 0 atom stereocenters. The van der Waals surface area contributed by atoms with Gasteiger partial charge in [0.25, 0.3) is 5.91 Å². The van der Waals surface area contributed by atoms with Crippen molar-refractivity contribution in [2.24, 2.45) is 0 Å². The summed E-state index contributed by atoms with van der Waals surface area (Å²) in [5, 5.41) is 20.4. The van der Waals surface area contributed by atoms with Gasteiger partial charge in [-0.1, -0.05) is 19.1 Å². The lowest BCUT2D eigenvalue weighted by Gasteiger charge is -2.23. The molecule has 166 valence electrons. The van der Waals surface area contributed by atoms with Crippen LogP contribution in [0.4, 0.5) is 0 Å². The molecular formula is C22H32N2O6. The van der Waals surface area contributed by atoms with Crippen LogP contribution < -0.4 is 14.8 Å². The van der Waals surface area contributed by atoms with Crippen LogP contribution in [0.25, 0.3) is 0 Å². The number of hydrogen-bond acceptors (Lipinski definition) is 7. The van der Waals surface area contributed by atoms with Gasteiger partial charge in [0.1, 0.15) is 18.3 Å². The minimum absolute atomic E-state index is 0.0298. The molecule has 30 heavy (non-hydrogen) atoms. The molecule has 0 radical (unpaired) electrons. The fourth-order valence-corrected chi connectivity index (χ4v) is 2.55. The number of ether oxygens (including phenoxy) is 2. The minimum atomic E-state index is -0.0298. The van der Waals surface area contributed by atoms with Gasteiger partial charge in [-0.2, -0.15) is 0 Å². The fraction of sp³-hybridized carbons (Fsp3) is 0.364. The van der Waals surface area contributed by atoms with Gasteiger partial charge in [-0.05, 0) is 37.7 Å². The number of hydrogen-bond donors (Lipinski definition) is 3. The van der Waals surface area contributed by atoms with Crippen LogP contribution in [0.1, 0.15) is 23.7 Å². The van der Waals surface area contributed by atoms with Crippen molar-refractivity contribution >= 4 is 12.7 Å². The highest BCUT2D eigenvalue weighted by atomic mass is 16.5. The lowest BCUT2D eigenvalue weighted by Crippen LogP contribution is -2.36. The van der Waals surface area contributed by atoms with Crippen LogP contribution in [0.3, 0.4) is 0 Å². The van der Waals surface area contributed by atoms with E-state index in [9.17, 15) is 4.79 Å². The van der Waals surface area contributed by atoms with Crippen molar-refractivity contribution < 1.29 is 29.3 Å². The van der Waals surface area contributed by atoms with Crippen molar-refractivity contribution in [1.29, 1.82) is 0 Å². The highest BCUT2D eigenvalue weighted by Crippen LogP contribution is 2.31. The molecule has 0 aromatic heterocycles. The second kappa shape index (κ2) is 15.6. The van der Waals surface area contributed by atoms with Crippen LogP contribution in [-0.4, -0.2) is 68.7 Å². The van der Waals surface area contributed by atoms with E-state index in [2.05, 4.69) is 12.2 Å². The third kappa shape index (κ3) is 8.83. The Balaban J connectivity index is 0.000000696. The zero-order valence-corrected chi connectivity index (χ0v) is 18.1. The van der Waals surface area contributed by atoms with E-state index in [1.165, 1.54) is 18.2 Å². The molecule has 0 aliphatic heterocycles. The van der Waals surface area contributed by atoms with Gasteiger partial charge < -0.3 is 34.7 Å². The van der Waals surface area contributed by atoms with Crippen molar-refractivity contribution in [1.82, 2.24) is 10.2 Å². The van der Waals surface area contributed by atoms with E-state index >= 15 is 0 Å². The van der Waals surface area contributed by atoms with Crippen LogP contribution in [0, 0.1) is 0 Å². The molecular weight excluding hydrogens is 388 g/mol. The second-order valence-corrected chi connectivity index (χ2v) is 5.96. The third-order valence-electron chi connectivity index (χ3n) is 3.88. The van der Waals surface area contributed by atoms with Crippen molar-refractivity contribution in [3.63, 3.8) is 0 Å². The fourth-order valence-electron chi connectivity index (χ4n) is 2.55. The first-order chi connectivity index (χ1) is 14.5. The van der Waals surface area contributed by atoms with Crippen molar-refractivity contribution in [3.8, 4) is 23.0 Å². The summed E-state index contributed by atoms with van der Waals surface area (Å²) in [6.07, 6.45) is 0.918. The summed E-state index contributed by atoms with van der Waals surface area (Å²) in [5.41, 5.74) is 0.538. The molecule has 2 aromatic rings. The zero-order chi connectivity index (χ0) is 22.9. The number of aromatic hydroxyl groups is 2. The van der Waals surface area contributed by atoms with Gasteiger partial charge >= 0.3 is 0 Å². The van der Waals surface area contributed by atoms with E-state index in [4.69, 9.17) is 24.5 Å². The molecule has 8 nitrogen and oxygen atoms in total. The van der Waals surface area contributed by atoms with Gasteiger partial charge in [-0.3, -0.25) is 4.79 Å². The molecule has 0 heterocycles. The largest absolute Gasteiger partial charge is 0.508 e. The van der Waals surface area contributed by atoms with E-state index < -0.39 is 0 Å². The molecule has 0 saturated heterocycles. The molecule has 8 heteroatoms. The van der Waals surface area contributed by atoms with Crippen LogP contribution in [0.15, 0.2) is 42.5 Å². The third-order valence-corrected chi connectivity index (χ3v) is 3.88. The number of amides is 1. The first kappa shape index (κ1) is 26.7. The summed E-state index contributed by atoms with van der Waals surface area (Å²) in [6, 6.07) is 11.2. The monoisotopic (exact) mass is 420 g/mol. The summed E-state index contributed by atoms with van der Waals surface area (Å²) >= 11 is 0. The number of benzene rings is 2. The lowest BCUT2D eigenvalue weighted by molar-refractivity contribution is -0.0980. The highest BCUT2D eigenvalue weighted by molar-refractivity contribution is 5.97. The number of rotatable bonds is 8. The Morgan fingerprint density at radius 2 is 1.63 bits per heavy atom. The summed E-state index contributed by atoms with van der Waals surface area (Å²) in [5.74, 6) is 1.21. The molecule has 0 bridgehead atoms. The Morgan fingerprint density at radius 1 is 1.03 bits per heavy atom. The number of nitrogens with one attached hydrogen (secondary N) is 1. The maximum atomic E-state index is 12.7. The Labute approximate surface area is 178 Å².